The number of aliphatic hydroxyl groups excluding tert-OH is 1. The zero-order valence-electron chi connectivity index (χ0n) is 11.3. The molecule has 1 N–H and O–H groups in total. The minimum absolute atomic E-state index is 0.0249. The molecule has 1 aromatic rings. The van der Waals surface area contributed by atoms with Gasteiger partial charge in [-0.05, 0) is 12.8 Å². The molecule has 0 bridgehead atoms. The predicted molar refractivity (Wildman–Crippen MR) is 61.9 cm³/mol. The predicted octanol–water partition coefficient (Wildman–Crippen LogP) is 2.55. The molecule has 0 saturated heterocycles. The summed E-state index contributed by atoms with van der Waals surface area (Å²) >= 11 is 0. The second-order valence-corrected chi connectivity index (χ2v) is 4.94. The molecule has 0 aromatic carbocycles. The van der Waals surface area contributed by atoms with E-state index in [0.29, 0.717) is 13.0 Å². The normalized spacial score (nSPS) is 21.4. The van der Waals surface area contributed by atoms with Crippen LogP contribution < -0.4 is 0 Å². The first kappa shape index (κ1) is 16.2. The van der Waals surface area contributed by atoms with Crippen molar-refractivity contribution < 1.29 is 31.8 Å². The van der Waals surface area contributed by atoms with Gasteiger partial charge in [-0.1, -0.05) is 0 Å². The van der Waals surface area contributed by atoms with Gasteiger partial charge in [-0.2, -0.15) is 18.3 Å². The number of hydrogen-bond acceptors (Lipinski definition) is 3. The number of ether oxygens (including phenoxy) is 1. The van der Waals surface area contributed by atoms with Crippen molar-refractivity contribution in [3.63, 3.8) is 0 Å². The number of aliphatic hydroxyl groups is 1. The largest absolute Gasteiger partial charge is 0.435 e. The van der Waals surface area contributed by atoms with Gasteiger partial charge in [-0.3, -0.25) is 4.68 Å². The van der Waals surface area contributed by atoms with Gasteiger partial charge in [-0.25, -0.2) is 8.78 Å². The van der Waals surface area contributed by atoms with Crippen LogP contribution in [-0.2, 0) is 23.9 Å². The summed E-state index contributed by atoms with van der Waals surface area (Å²) < 4.78 is 71.7. The number of fused-ring (bicyclic) bond motifs is 1. The van der Waals surface area contributed by atoms with Gasteiger partial charge < -0.3 is 9.84 Å². The maximum atomic E-state index is 13.5. The molecule has 0 saturated carbocycles. The Morgan fingerprint density at radius 2 is 2.10 bits per heavy atom. The molecule has 120 valence electrons. The van der Waals surface area contributed by atoms with E-state index in [0.717, 1.165) is 4.68 Å². The van der Waals surface area contributed by atoms with E-state index in [1.807, 2.05) is 0 Å². The lowest BCUT2D eigenvalue weighted by atomic mass is 9.89. The minimum Gasteiger partial charge on any atom is -0.385 e. The molecule has 21 heavy (non-hydrogen) atoms. The summed E-state index contributed by atoms with van der Waals surface area (Å²) in [5.74, 6) is -3.58. The van der Waals surface area contributed by atoms with E-state index in [1.165, 1.54) is 7.11 Å². The summed E-state index contributed by atoms with van der Waals surface area (Å²) in [6, 6.07) is 0. The summed E-state index contributed by atoms with van der Waals surface area (Å²) in [5.41, 5.74) is -2.20. The van der Waals surface area contributed by atoms with E-state index in [2.05, 4.69) is 5.10 Å². The first-order valence-corrected chi connectivity index (χ1v) is 6.40. The van der Waals surface area contributed by atoms with Crippen molar-refractivity contribution in [1.29, 1.82) is 0 Å². The lowest BCUT2D eigenvalue weighted by Gasteiger charge is -2.28. The van der Waals surface area contributed by atoms with Crippen molar-refractivity contribution in [2.24, 2.45) is 0 Å². The number of aromatic nitrogens is 2. The molecule has 2 rings (SSSR count). The minimum atomic E-state index is -4.88. The van der Waals surface area contributed by atoms with Crippen LogP contribution in [0.1, 0.15) is 35.9 Å². The van der Waals surface area contributed by atoms with Gasteiger partial charge >= 0.3 is 6.18 Å². The number of rotatable bonds is 4. The Kier molecular flexibility index (Phi) is 4.25. The van der Waals surface area contributed by atoms with Gasteiger partial charge in [0.15, 0.2) is 5.69 Å². The maximum Gasteiger partial charge on any atom is 0.435 e. The summed E-state index contributed by atoms with van der Waals surface area (Å²) in [4.78, 5) is 0. The topological polar surface area (TPSA) is 47.3 Å². The Morgan fingerprint density at radius 1 is 1.43 bits per heavy atom. The average molecular weight is 314 g/mol. The van der Waals surface area contributed by atoms with Gasteiger partial charge in [0.2, 0.25) is 0 Å². The molecular formula is C12H15F5N2O2. The first-order chi connectivity index (χ1) is 9.68. The second-order valence-electron chi connectivity index (χ2n) is 4.94. The molecule has 1 aliphatic carbocycles. The van der Waals surface area contributed by atoms with Crippen molar-refractivity contribution in [3.8, 4) is 0 Å². The average Bonchev–Trinajstić information content (AvgIpc) is 2.74. The molecule has 0 aliphatic heterocycles. The highest BCUT2D eigenvalue weighted by atomic mass is 19.4. The Labute approximate surface area is 117 Å². The fraction of sp³-hybridized carbons (Fsp3) is 0.750. The van der Waals surface area contributed by atoms with E-state index >= 15 is 0 Å². The molecule has 0 spiro atoms. The van der Waals surface area contributed by atoms with Crippen LogP contribution in [0.2, 0.25) is 0 Å². The zero-order valence-corrected chi connectivity index (χ0v) is 11.3. The van der Waals surface area contributed by atoms with Crippen molar-refractivity contribution in [1.82, 2.24) is 9.78 Å². The molecule has 0 amide bonds. The molecule has 1 heterocycles. The summed E-state index contributed by atoms with van der Waals surface area (Å²) in [6.07, 6.45) is -7.92. The number of hydrogen-bond donors (Lipinski definition) is 1. The first-order valence-electron chi connectivity index (χ1n) is 6.40. The molecule has 4 nitrogen and oxygen atoms in total. The van der Waals surface area contributed by atoms with E-state index in [1.54, 1.807) is 0 Å². The van der Waals surface area contributed by atoms with Crippen LogP contribution >= 0.6 is 0 Å². The molecule has 1 atom stereocenters. The highest BCUT2D eigenvalue weighted by Crippen LogP contribution is 2.46. The van der Waals surface area contributed by atoms with E-state index in [4.69, 9.17) is 4.74 Å². The molecule has 1 aliphatic rings. The third kappa shape index (κ3) is 3.03. The van der Waals surface area contributed by atoms with E-state index in [-0.39, 0.29) is 18.7 Å². The number of halogens is 5. The molecule has 1 aromatic heterocycles. The maximum absolute atomic E-state index is 13.5. The number of alkyl halides is 5. The second kappa shape index (κ2) is 5.53. The summed E-state index contributed by atoms with van der Waals surface area (Å²) in [5, 5.41) is 13.0. The van der Waals surface area contributed by atoms with E-state index in [9.17, 15) is 27.1 Å². The van der Waals surface area contributed by atoms with Crippen LogP contribution in [0.5, 0.6) is 0 Å². The smallest absolute Gasteiger partial charge is 0.385 e. The van der Waals surface area contributed by atoms with Crippen LogP contribution in [0.4, 0.5) is 22.0 Å². The molecule has 0 unspecified atom stereocenters. The van der Waals surface area contributed by atoms with Gasteiger partial charge in [0, 0.05) is 37.9 Å². The third-order valence-electron chi connectivity index (χ3n) is 3.45. The standard InChI is InChI=1S/C12H15F5N2O2/c1-21-6-2-5-19-7-3-4-11(13,14)10(20)8(7)9(18-19)12(15,16)17/h10,20H,2-6H2,1H3/t10-/m0/s1. The Morgan fingerprint density at radius 3 is 2.67 bits per heavy atom. The lowest BCUT2D eigenvalue weighted by molar-refractivity contribution is -0.150. The number of methoxy groups -OCH3 is 1. The van der Waals surface area contributed by atoms with Crippen molar-refractivity contribution in [2.75, 3.05) is 13.7 Å². The van der Waals surface area contributed by atoms with Crippen molar-refractivity contribution in [3.05, 3.63) is 17.0 Å². The Hall–Kier alpha value is -1.22. The Balaban J connectivity index is 2.43. The van der Waals surface area contributed by atoms with Gasteiger partial charge in [-0.15, -0.1) is 0 Å². The molecular weight excluding hydrogens is 299 g/mol. The fourth-order valence-electron chi connectivity index (χ4n) is 2.45. The lowest BCUT2D eigenvalue weighted by Crippen LogP contribution is -2.33. The van der Waals surface area contributed by atoms with Gasteiger partial charge in [0.05, 0.1) is 0 Å². The van der Waals surface area contributed by atoms with E-state index < -0.39 is 35.9 Å². The summed E-state index contributed by atoms with van der Waals surface area (Å²) in [6.45, 7) is 0.430. The summed E-state index contributed by atoms with van der Waals surface area (Å²) in [7, 11) is 1.45. The highest BCUT2D eigenvalue weighted by molar-refractivity contribution is 5.35. The van der Waals surface area contributed by atoms with Crippen LogP contribution in [0, 0.1) is 0 Å². The third-order valence-corrected chi connectivity index (χ3v) is 3.45. The molecule has 0 fully saturated rings. The number of nitrogens with zero attached hydrogens (tertiary/aromatic N) is 2. The van der Waals surface area contributed by atoms with Crippen LogP contribution in [-0.4, -0.2) is 34.5 Å². The quantitative estimate of drug-likeness (QED) is 0.686. The van der Waals surface area contributed by atoms with Crippen LogP contribution in [0.25, 0.3) is 0 Å². The fourth-order valence-corrected chi connectivity index (χ4v) is 2.45. The van der Waals surface area contributed by atoms with Crippen LogP contribution in [0.15, 0.2) is 0 Å². The highest BCUT2D eigenvalue weighted by Gasteiger charge is 2.51. The van der Waals surface area contributed by atoms with Crippen molar-refractivity contribution in [2.45, 2.75) is 44.0 Å². The molecule has 0 radical (unpaired) electrons. The molecule has 9 heteroatoms. The van der Waals surface area contributed by atoms with Crippen LogP contribution in [0.3, 0.4) is 0 Å². The Bertz CT molecular complexity index is 512. The monoisotopic (exact) mass is 314 g/mol. The van der Waals surface area contributed by atoms with Gasteiger partial charge in [0.25, 0.3) is 5.92 Å². The number of aryl methyl sites for hydroxylation is 1. The van der Waals surface area contributed by atoms with Gasteiger partial charge in [0.1, 0.15) is 6.10 Å². The SMILES string of the molecule is COCCCn1nc(C(F)(F)F)c2c1CCC(F)(F)[C@H]2O. The van der Waals surface area contributed by atoms with Crippen molar-refractivity contribution >= 4 is 0 Å². The zero-order chi connectivity index (χ0) is 15.8.